The molecule has 0 amide bonds. The Balaban J connectivity index is 2.17. The molecule has 0 saturated carbocycles. The maximum atomic E-state index is 2.60. The van der Waals surface area contributed by atoms with Crippen molar-refractivity contribution < 1.29 is 0 Å². The number of hydrogen-bond donors (Lipinski definition) is 0. The predicted molar refractivity (Wildman–Crippen MR) is 52.5 cm³/mol. The van der Waals surface area contributed by atoms with Crippen LogP contribution < -0.4 is 0 Å². The smallest absolute Gasteiger partial charge is 0.139 e. The fraction of sp³-hybridized carbons (Fsp3) is 1.00. The fourth-order valence-electron chi connectivity index (χ4n) is 1.76. The zero-order valence-corrected chi connectivity index (χ0v) is 8.14. The summed E-state index contributed by atoms with van der Waals surface area (Å²) in [6.45, 7) is 11.9. The molecule has 11 heavy (non-hydrogen) atoms. The largest absolute Gasteiger partial charge is 0.304 e. The van der Waals surface area contributed by atoms with E-state index in [2.05, 4.69) is 25.6 Å². The van der Waals surface area contributed by atoms with Gasteiger partial charge in [0.05, 0.1) is 0 Å². The number of rotatable bonds is 2. The normalized spacial score (nSPS) is 21.3. The lowest BCUT2D eigenvalue weighted by Gasteiger charge is -2.30. The Morgan fingerprint density at radius 3 is 2.27 bits per heavy atom. The first kappa shape index (κ1) is 9.12. The molecular formula is C9H20BN. The van der Waals surface area contributed by atoms with E-state index in [0.717, 1.165) is 12.6 Å². The van der Waals surface area contributed by atoms with E-state index < -0.39 is 0 Å². The van der Waals surface area contributed by atoms with Crippen LogP contribution >= 0.6 is 0 Å². The molecule has 1 saturated heterocycles. The maximum Gasteiger partial charge on any atom is 0.139 e. The summed E-state index contributed by atoms with van der Waals surface area (Å²) < 4.78 is 0. The first-order valence-corrected chi connectivity index (χ1v) is 4.91. The van der Waals surface area contributed by atoms with Crippen LogP contribution in [0.3, 0.4) is 0 Å². The maximum absolute atomic E-state index is 2.60. The van der Waals surface area contributed by atoms with Crippen LogP contribution in [0.25, 0.3) is 0 Å². The van der Waals surface area contributed by atoms with Crippen molar-refractivity contribution in [3.63, 3.8) is 0 Å². The van der Waals surface area contributed by atoms with Crippen LogP contribution in [0.2, 0.25) is 19.5 Å². The van der Waals surface area contributed by atoms with Crippen molar-refractivity contribution in [2.24, 2.45) is 5.92 Å². The zero-order valence-electron chi connectivity index (χ0n) is 8.14. The molecule has 0 aromatic heterocycles. The first-order chi connectivity index (χ1) is 5.18. The molecule has 1 aliphatic heterocycles. The lowest BCUT2D eigenvalue weighted by atomic mass is 9.46. The predicted octanol–water partition coefficient (Wildman–Crippen LogP) is 2.08. The molecule has 0 unspecified atom stereocenters. The Bertz CT molecular complexity index is 106. The highest BCUT2D eigenvalue weighted by Gasteiger charge is 2.17. The SMILES string of the molecule is CB1CCN(CC(C)C)CC1. The Hall–Kier alpha value is 0.0249. The van der Waals surface area contributed by atoms with Crippen molar-refractivity contribution >= 4 is 6.71 Å². The van der Waals surface area contributed by atoms with Gasteiger partial charge in [-0.1, -0.05) is 33.3 Å². The molecule has 1 nitrogen and oxygen atoms in total. The van der Waals surface area contributed by atoms with Gasteiger partial charge in [-0.25, -0.2) is 0 Å². The van der Waals surface area contributed by atoms with E-state index in [0.29, 0.717) is 0 Å². The van der Waals surface area contributed by atoms with Gasteiger partial charge in [-0.3, -0.25) is 0 Å². The van der Waals surface area contributed by atoms with Gasteiger partial charge in [-0.15, -0.1) is 0 Å². The number of hydrogen-bond acceptors (Lipinski definition) is 1. The fourth-order valence-corrected chi connectivity index (χ4v) is 1.76. The van der Waals surface area contributed by atoms with Crippen LogP contribution in [-0.4, -0.2) is 31.2 Å². The summed E-state index contributed by atoms with van der Waals surface area (Å²) in [6.07, 6.45) is 2.82. The summed E-state index contributed by atoms with van der Waals surface area (Å²) in [7, 11) is 0. The van der Waals surface area contributed by atoms with Gasteiger partial charge in [0, 0.05) is 6.54 Å². The van der Waals surface area contributed by atoms with E-state index in [1.807, 2.05) is 0 Å². The Morgan fingerprint density at radius 1 is 1.27 bits per heavy atom. The summed E-state index contributed by atoms with van der Waals surface area (Å²) in [6, 6.07) is 0. The highest BCUT2D eigenvalue weighted by molar-refractivity contribution is 6.57. The molecule has 2 heteroatoms. The molecule has 0 aromatic rings. The monoisotopic (exact) mass is 153 g/mol. The molecule has 0 spiro atoms. The molecule has 1 rings (SSSR count). The summed E-state index contributed by atoms with van der Waals surface area (Å²) in [5.74, 6) is 0.836. The topological polar surface area (TPSA) is 3.24 Å². The van der Waals surface area contributed by atoms with Crippen LogP contribution in [0.5, 0.6) is 0 Å². The molecular weight excluding hydrogens is 133 g/mol. The van der Waals surface area contributed by atoms with Crippen molar-refractivity contribution in [2.45, 2.75) is 33.3 Å². The van der Waals surface area contributed by atoms with Crippen LogP contribution in [0.15, 0.2) is 0 Å². The Morgan fingerprint density at radius 2 is 1.82 bits per heavy atom. The molecule has 1 aliphatic rings. The van der Waals surface area contributed by atoms with Gasteiger partial charge < -0.3 is 4.90 Å². The first-order valence-electron chi connectivity index (χ1n) is 4.91. The molecule has 0 bridgehead atoms. The molecule has 0 aromatic carbocycles. The molecule has 0 atom stereocenters. The van der Waals surface area contributed by atoms with Crippen LogP contribution in [0, 0.1) is 5.92 Å². The molecule has 0 N–H and O–H groups in total. The van der Waals surface area contributed by atoms with E-state index in [4.69, 9.17) is 0 Å². The molecule has 1 fully saturated rings. The lowest BCUT2D eigenvalue weighted by molar-refractivity contribution is 0.259. The van der Waals surface area contributed by atoms with Crippen molar-refractivity contribution in [1.82, 2.24) is 4.90 Å². The van der Waals surface area contributed by atoms with Gasteiger partial charge in [-0.2, -0.15) is 0 Å². The van der Waals surface area contributed by atoms with Crippen molar-refractivity contribution in [3.05, 3.63) is 0 Å². The van der Waals surface area contributed by atoms with Gasteiger partial charge in [0.2, 0.25) is 0 Å². The van der Waals surface area contributed by atoms with Crippen molar-refractivity contribution in [2.75, 3.05) is 19.6 Å². The van der Waals surface area contributed by atoms with Gasteiger partial charge in [-0.05, 0) is 19.0 Å². The summed E-state index contributed by atoms with van der Waals surface area (Å²) in [5.41, 5.74) is 0. The average molecular weight is 153 g/mol. The average Bonchev–Trinajstić information content (AvgIpc) is 1.93. The van der Waals surface area contributed by atoms with E-state index in [9.17, 15) is 0 Å². The van der Waals surface area contributed by atoms with Crippen molar-refractivity contribution in [3.8, 4) is 0 Å². The van der Waals surface area contributed by atoms with E-state index in [1.54, 1.807) is 0 Å². The molecule has 64 valence electrons. The zero-order chi connectivity index (χ0) is 8.27. The highest BCUT2D eigenvalue weighted by Crippen LogP contribution is 2.12. The Kier molecular flexibility index (Phi) is 3.44. The van der Waals surface area contributed by atoms with Gasteiger partial charge >= 0.3 is 0 Å². The van der Waals surface area contributed by atoms with E-state index in [-0.39, 0.29) is 0 Å². The second kappa shape index (κ2) is 4.15. The van der Waals surface area contributed by atoms with Gasteiger partial charge in [0.15, 0.2) is 0 Å². The Labute approximate surface area is 71.2 Å². The minimum atomic E-state index is 0.836. The third-order valence-corrected chi connectivity index (χ3v) is 2.50. The summed E-state index contributed by atoms with van der Waals surface area (Å²) >= 11 is 0. The summed E-state index contributed by atoms with van der Waals surface area (Å²) in [5, 5.41) is 0. The molecule has 1 heterocycles. The van der Waals surface area contributed by atoms with Crippen LogP contribution in [0.1, 0.15) is 13.8 Å². The number of nitrogens with zero attached hydrogens (tertiary/aromatic N) is 1. The van der Waals surface area contributed by atoms with Crippen LogP contribution in [-0.2, 0) is 0 Å². The third-order valence-electron chi connectivity index (χ3n) is 2.50. The third kappa shape index (κ3) is 3.28. The minimum absolute atomic E-state index is 0.836. The van der Waals surface area contributed by atoms with Gasteiger partial charge in [0.1, 0.15) is 6.71 Å². The standard InChI is InChI=1S/C9H20BN/c1-9(2)8-11-6-4-10(3)5-7-11/h9H,4-8H2,1-3H3. The second-order valence-corrected chi connectivity index (χ2v) is 4.38. The molecule has 0 radical (unpaired) electrons. The minimum Gasteiger partial charge on any atom is -0.304 e. The van der Waals surface area contributed by atoms with Crippen LogP contribution in [0.4, 0.5) is 0 Å². The van der Waals surface area contributed by atoms with E-state index >= 15 is 0 Å². The quantitative estimate of drug-likeness (QED) is 0.549. The van der Waals surface area contributed by atoms with Crippen molar-refractivity contribution in [1.29, 1.82) is 0 Å². The summed E-state index contributed by atoms with van der Waals surface area (Å²) in [4.78, 5) is 2.60. The van der Waals surface area contributed by atoms with E-state index in [1.165, 1.54) is 32.3 Å². The molecule has 0 aliphatic carbocycles. The second-order valence-electron chi connectivity index (χ2n) is 4.38. The lowest BCUT2D eigenvalue weighted by Crippen LogP contribution is -2.37. The van der Waals surface area contributed by atoms with Gasteiger partial charge in [0.25, 0.3) is 0 Å². The highest BCUT2D eigenvalue weighted by atomic mass is 15.1.